The lowest BCUT2D eigenvalue weighted by atomic mass is 10.0. The van der Waals surface area contributed by atoms with Gasteiger partial charge in [0.25, 0.3) is 0 Å². The Balaban J connectivity index is 1.42. The van der Waals surface area contributed by atoms with E-state index < -0.39 is 0 Å². The van der Waals surface area contributed by atoms with E-state index in [2.05, 4.69) is 34.5 Å². The summed E-state index contributed by atoms with van der Waals surface area (Å²) in [5.74, 6) is 1.42. The number of hydrogen-bond acceptors (Lipinski definition) is 4. The molecule has 1 atom stereocenters. The first-order valence-corrected chi connectivity index (χ1v) is 8.88. The molecule has 1 aromatic heterocycles. The summed E-state index contributed by atoms with van der Waals surface area (Å²) in [4.78, 5) is 16.4. The molecule has 0 saturated heterocycles. The molecule has 26 heavy (non-hydrogen) atoms. The number of aryl methyl sites for hydroxylation is 1. The zero-order chi connectivity index (χ0) is 18.2. The zero-order valence-corrected chi connectivity index (χ0v) is 14.9. The van der Waals surface area contributed by atoms with Gasteiger partial charge in [-0.3, -0.25) is 4.79 Å². The van der Waals surface area contributed by atoms with E-state index in [0.717, 1.165) is 5.56 Å². The normalized spacial score (nSPS) is 11.9. The third kappa shape index (κ3) is 5.28. The van der Waals surface area contributed by atoms with Gasteiger partial charge in [0.05, 0.1) is 0 Å². The standard InChI is InChI=1S/C21H23N3O2/c1-16(18-10-6-3-7-11-18)15-22-20(25)12-13-21-23-19(24-26-21)14-17-8-4-2-5-9-17/h2-11,16H,12-15H2,1H3,(H,22,25)/t16-/m1/s1. The maximum absolute atomic E-state index is 12.0. The molecule has 5 nitrogen and oxygen atoms in total. The fourth-order valence-corrected chi connectivity index (χ4v) is 2.72. The van der Waals surface area contributed by atoms with Gasteiger partial charge in [0.1, 0.15) is 0 Å². The summed E-state index contributed by atoms with van der Waals surface area (Å²) in [5.41, 5.74) is 2.35. The first kappa shape index (κ1) is 17.9. The summed E-state index contributed by atoms with van der Waals surface area (Å²) in [6, 6.07) is 20.1. The van der Waals surface area contributed by atoms with Gasteiger partial charge in [-0.15, -0.1) is 0 Å². The van der Waals surface area contributed by atoms with Crippen LogP contribution in [0.2, 0.25) is 0 Å². The van der Waals surface area contributed by atoms with Gasteiger partial charge in [-0.05, 0) is 17.0 Å². The van der Waals surface area contributed by atoms with E-state index in [1.807, 2.05) is 48.5 Å². The van der Waals surface area contributed by atoms with Crippen LogP contribution in [0.25, 0.3) is 0 Å². The first-order chi connectivity index (χ1) is 12.7. The highest BCUT2D eigenvalue weighted by atomic mass is 16.5. The molecule has 3 rings (SSSR count). The average Bonchev–Trinajstić information content (AvgIpc) is 3.13. The number of amides is 1. The number of rotatable bonds is 8. The van der Waals surface area contributed by atoms with Gasteiger partial charge in [0.2, 0.25) is 11.8 Å². The molecule has 0 unspecified atom stereocenters. The minimum absolute atomic E-state index is 0.00408. The highest BCUT2D eigenvalue weighted by Gasteiger charge is 2.11. The molecule has 1 N–H and O–H groups in total. The highest BCUT2D eigenvalue weighted by molar-refractivity contribution is 5.76. The van der Waals surface area contributed by atoms with E-state index in [1.54, 1.807) is 0 Å². The third-order valence-corrected chi connectivity index (χ3v) is 4.26. The molecule has 0 aliphatic carbocycles. The monoisotopic (exact) mass is 349 g/mol. The van der Waals surface area contributed by atoms with Crippen LogP contribution in [0.4, 0.5) is 0 Å². The second-order valence-electron chi connectivity index (χ2n) is 6.38. The maximum Gasteiger partial charge on any atom is 0.227 e. The molecule has 1 heterocycles. The molecular weight excluding hydrogens is 326 g/mol. The van der Waals surface area contributed by atoms with Crippen molar-refractivity contribution in [2.75, 3.05) is 6.54 Å². The van der Waals surface area contributed by atoms with Crippen molar-refractivity contribution in [3.05, 3.63) is 83.5 Å². The fourth-order valence-electron chi connectivity index (χ4n) is 2.72. The maximum atomic E-state index is 12.0. The average molecular weight is 349 g/mol. The molecule has 3 aromatic rings. The van der Waals surface area contributed by atoms with Gasteiger partial charge in [-0.2, -0.15) is 4.98 Å². The number of hydrogen-bond donors (Lipinski definition) is 1. The molecule has 0 bridgehead atoms. The smallest absolute Gasteiger partial charge is 0.227 e. The zero-order valence-electron chi connectivity index (χ0n) is 14.9. The van der Waals surface area contributed by atoms with E-state index in [-0.39, 0.29) is 11.8 Å². The summed E-state index contributed by atoms with van der Waals surface area (Å²) < 4.78 is 5.24. The van der Waals surface area contributed by atoms with Crippen LogP contribution >= 0.6 is 0 Å². The van der Waals surface area contributed by atoms with Crippen LogP contribution in [0.15, 0.2) is 65.2 Å². The lowest BCUT2D eigenvalue weighted by Gasteiger charge is -2.12. The summed E-state index contributed by atoms with van der Waals surface area (Å²) in [7, 11) is 0. The Labute approximate surface area is 153 Å². The van der Waals surface area contributed by atoms with Crippen LogP contribution in [0.1, 0.15) is 42.1 Å². The van der Waals surface area contributed by atoms with Crippen molar-refractivity contribution in [2.24, 2.45) is 0 Å². The number of carbonyl (C=O) groups excluding carboxylic acids is 1. The number of carbonyl (C=O) groups is 1. The number of aromatic nitrogens is 2. The van der Waals surface area contributed by atoms with E-state index >= 15 is 0 Å². The molecule has 0 aliphatic rings. The van der Waals surface area contributed by atoms with Crippen molar-refractivity contribution in [1.82, 2.24) is 15.5 Å². The second-order valence-corrected chi connectivity index (χ2v) is 6.38. The van der Waals surface area contributed by atoms with Gasteiger partial charge in [-0.1, -0.05) is 72.7 Å². The van der Waals surface area contributed by atoms with E-state index in [9.17, 15) is 4.79 Å². The largest absolute Gasteiger partial charge is 0.355 e. The molecule has 134 valence electrons. The summed E-state index contributed by atoms with van der Waals surface area (Å²) in [5, 5.41) is 6.95. The Bertz CT molecular complexity index is 816. The van der Waals surface area contributed by atoms with Gasteiger partial charge in [-0.25, -0.2) is 0 Å². The van der Waals surface area contributed by atoms with Crippen molar-refractivity contribution in [3.63, 3.8) is 0 Å². The quantitative estimate of drug-likeness (QED) is 0.676. The van der Waals surface area contributed by atoms with Crippen molar-refractivity contribution in [1.29, 1.82) is 0 Å². The Hall–Kier alpha value is -2.95. The lowest BCUT2D eigenvalue weighted by molar-refractivity contribution is -0.121. The Morgan fingerprint density at radius 1 is 1.08 bits per heavy atom. The number of nitrogens with one attached hydrogen (secondary N) is 1. The van der Waals surface area contributed by atoms with Crippen molar-refractivity contribution >= 4 is 5.91 Å². The summed E-state index contributed by atoms with van der Waals surface area (Å²) in [6.45, 7) is 2.72. The van der Waals surface area contributed by atoms with Crippen molar-refractivity contribution in [2.45, 2.75) is 32.1 Å². The van der Waals surface area contributed by atoms with Crippen molar-refractivity contribution in [3.8, 4) is 0 Å². The van der Waals surface area contributed by atoms with E-state index in [4.69, 9.17) is 4.52 Å². The minimum atomic E-state index is -0.00408. The van der Waals surface area contributed by atoms with Crippen LogP contribution in [-0.4, -0.2) is 22.6 Å². The fraction of sp³-hybridized carbons (Fsp3) is 0.286. The van der Waals surface area contributed by atoms with Crippen LogP contribution in [-0.2, 0) is 17.6 Å². The number of nitrogens with zero attached hydrogens (tertiary/aromatic N) is 2. The number of benzene rings is 2. The van der Waals surface area contributed by atoms with Crippen LogP contribution in [0.3, 0.4) is 0 Å². The van der Waals surface area contributed by atoms with Gasteiger partial charge in [0.15, 0.2) is 5.82 Å². The summed E-state index contributed by atoms with van der Waals surface area (Å²) >= 11 is 0. The minimum Gasteiger partial charge on any atom is -0.355 e. The predicted octanol–water partition coefficient (Wildman–Crippen LogP) is 3.51. The van der Waals surface area contributed by atoms with Crippen LogP contribution in [0.5, 0.6) is 0 Å². The Morgan fingerprint density at radius 3 is 2.50 bits per heavy atom. The molecule has 0 aliphatic heterocycles. The SMILES string of the molecule is C[C@H](CNC(=O)CCc1nc(Cc2ccccc2)no1)c1ccccc1. The third-order valence-electron chi connectivity index (χ3n) is 4.26. The molecule has 0 radical (unpaired) electrons. The molecule has 1 amide bonds. The Kier molecular flexibility index (Phi) is 6.14. The van der Waals surface area contributed by atoms with E-state index in [1.165, 1.54) is 5.56 Å². The topological polar surface area (TPSA) is 68.0 Å². The molecule has 5 heteroatoms. The van der Waals surface area contributed by atoms with Crippen molar-refractivity contribution < 1.29 is 9.32 Å². The van der Waals surface area contributed by atoms with Gasteiger partial charge < -0.3 is 9.84 Å². The lowest BCUT2D eigenvalue weighted by Crippen LogP contribution is -2.27. The first-order valence-electron chi connectivity index (χ1n) is 8.88. The molecule has 0 fully saturated rings. The summed E-state index contributed by atoms with van der Waals surface area (Å²) in [6.07, 6.45) is 1.42. The van der Waals surface area contributed by atoms with E-state index in [0.29, 0.717) is 37.5 Å². The Morgan fingerprint density at radius 2 is 1.77 bits per heavy atom. The van der Waals surface area contributed by atoms with Crippen LogP contribution < -0.4 is 5.32 Å². The highest BCUT2D eigenvalue weighted by Crippen LogP contribution is 2.13. The van der Waals surface area contributed by atoms with Gasteiger partial charge in [0, 0.05) is 25.8 Å². The molecule has 2 aromatic carbocycles. The predicted molar refractivity (Wildman–Crippen MR) is 99.7 cm³/mol. The second kappa shape index (κ2) is 8.94. The van der Waals surface area contributed by atoms with Gasteiger partial charge >= 0.3 is 0 Å². The molecule has 0 spiro atoms. The molecular formula is C21H23N3O2. The molecule has 0 saturated carbocycles. The van der Waals surface area contributed by atoms with Crippen LogP contribution in [0, 0.1) is 0 Å².